The highest BCUT2D eigenvalue weighted by atomic mass is 15.2. The quantitative estimate of drug-likeness (QED) is 0.201. The summed E-state index contributed by atoms with van der Waals surface area (Å²) in [6, 6.07) is 22.9. The minimum Gasteiger partial charge on any atom is -0.375 e. The maximum atomic E-state index is 5.54. The Kier molecular flexibility index (Phi) is 28.3. The summed E-state index contributed by atoms with van der Waals surface area (Å²) < 4.78 is 0. The van der Waals surface area contributed by atoms with Crippen LogP contribution in [0.25, 0.3) is 0 Å². The lowest BCUT2D eigenvalue weighted by molar-refractivity contribution is 0.173. The Labute approximate surface area is 255 Å². The van der Waals surface area contributed by atoms with Crippen LogP contribution in [0.2, 0.25) is 0 Å². The molecule has 0 amide bonds. The van der Waals surface area contributed by atoms with Gasteiger partial charge in [0.1, 0.15) is 0 Å². The highest BCUT2D eigenvalue weighted by Gasteiger charge is 2.11. The van der Waals surface area contributed by atoms with Crippen LogP contribution in [0.3, 0.4) is 0 Å². The normalized spacial score (nSPS) is 10.7. The van der Waals surface area contributed by atoms with Crippen molar-refractivity contribution in [1.29, 1.82) is 0 Å². The fraction of sp³-hybridized carbons (Fsp3) is 0.657. The van der Waals surface area contributed by atoms with Gasteiger partial charge in [-0.2, -0.15) is 0 Å². The molecule has 41 heavy (non-hydrogen) atoms. The Hall–Kier alpha value is -1.96. The molecule has 2 aromatic carbocycles. The van der Waals surface area contributed by atoms with Gasteiger partial charge in [0.05, 0.1) is 0 Å². The summed E-state index contributed by atoms with van der Waals surface area (Å²) in [5.41, 5.74) is 13.6. The summed E-state index contributed by atoms with van der Waals surface area (Å²) in [5.74, 6) is 0. The highest BCUT2D eigenvalue weighted by Crippen LogP contribution is 2.11. The molecule has 238 valence electrons. The van der Waals surface area contributed by atoms with Crippen LogP contribution >= 0.6 is 0 Å². The van der Waals surface area contributed by atoms with Gasteiger partial charge in [0.2, 0.25) is 0 Å². The Balaban J connectivity index is 0. The molecule has 0 aliphatic rings. The van der Waals surface area contributed by atoms with Crippen LogP contribution in [0.5, 0.6) is 0 Å². The summed E-state index contributed by atoms with van der Waals surface area (Å²) in [6.07, 6.45) is 3.36. The second-order valence-corrected chi connectivity index (χ2v) is 11.0. The number of nitrogens with one attached hydrogen (secondary N) is 1. The number of anilines is 1. The smallest absolute Gasteiger partial charge is 0.0363 e. The number of rotatable bonds is 16. The van der Waals surface area contributed by atoms with Gasteiger partial charge in [-0.05, 0) is 118 Å². The van der Waals surface area contributed by atoms with E-state index in [4.69, 9.17) is 11.5 Å². The van der Waals surface area contributed by atoms with Crippen LogP contribution in [0.1, 0.15) is 80.2 Å². The molecule has 0 aliphatic heterocycles. The number of nitrogens with two attached hydrogens (primary N) is 2. The van der Waals surface area contributed by atoms with Crippen molar-refractivity contribution in [2.24, 2.45) is 11.5 Å². The third-order valence-corrected chi connectivity index (χ3v) is 6.67. The van der Waals surface area contributed by atoms with E-state index in [9.17, 15) is 0 Å². The first-order chi connectivity index (χ1) is 19.7. The lowest BCUT2D eigenvalue weighted by Crippen LogP contribution is -2.38. The Morgan fingerprint density at radius 3 is 1.59 bits per heavy atom. The van der Waals surface area contributed by atoms with Crippen molar-refractivity contribution in [2.75, 3.05) is 58.3 Å². The number of benzene rings is 2. The summed E-state index contributed by atoms with van der Waals surface area (Å²) >= 11 is 0. The maximum absolute atomic E-state index is 5.54. The lowest BCUT2D eigenvalue weighted by Gasteiger charge is -2.30. The molecule has 0 spiro atoms. The van der Waals surface area contributed by atoms with Crippen molar-refractivity contribution in [1.82, 2.24) is 15.1 Å². The van der Waals surface area contributed by atoms with Crippen molar-refractivity contribution >= 4 is 5.69 Å². The predicted octanol–water partition coefficient (Wildman–Crippen LogP) is 6.46. The third kappa shape index (κ3) is 22.3. The molecule has 0 unspecified atom stereocenters. The third-order valence-electron chi connectivity index (χ3n) is 6.67. The minimum absolute atomic E-state index is 0.580. The molecule has 0 fully saturated rings. The molecular weight excluding hydrogens is 504 g/mol. The van der Waals surface area contributed by atoms with Crippen molar-refractivity contribution in [2.45, 2.75) is 99.3 Å². The van der Waals surface area contributed by atoms with Crippen molar-refractivity contribution in [3.8, 4) is 0 Å². The first-order valence-corrected chi connectivity index (χ1v) is 16.0. The SMILES string of the molecule is CC.CC(C)N(CCCN)Cc1ccccc1.CN(CCCN)c1ccccc1.CNCCCN(C(C)C)C(C)C. The zero-order chi connectivity index (χ0) is 31.5. The van der Waals surface area contributed by atoms with E-state index < -0.39 is 0 Å². The van der Waals surface area contributed by atoms with Gasteiger partial charge in [-0.3, -0.25) is 9.80 Å². The van der Waals surface area contributed by atoms with Gasteiger partial charge in [0.15, 0.2) is 0 Å². The van der Waals surface area contributed by atoms with Gasteiger partial charge in [-0.1, -0.05) is 62.4 Å². The standard InChI is InChI=1S/C13H22N2.C10H16N2.C10H24N2.C2H6/c1-12(2)15(10-6-9-14)11-13-7-4-3-5-8-13;1-12(9-5-8-11)10-6-3-2-4-7-10;1-9(2)12(10(3)4)8-6-7-11-5;1-2/h3-5,7-8,12H,6,9-11,14H2,1-2H3;2-4,6-7H,5,8-9,11H2,1H3;9-11H,6-8H2,1-5H3;1-2H3. The fourth-order valence-corrected chi connectivity index (χ4v) is 4.32. The van der Waals surface area contributed by atoms with Gasteiger partial charge >= 0.3 is 0 Å². The zero-order valence-electron chi connectivity index (χ0n) is 28.6. The number of para-hydroxylation sites is 1. The molecule has 0 atom stereocenters. The summed E-state index contributed by atoms with van der Waals surface area (Å²) in [7, 11) is 4.10. The molecule has 5 N–H and O–H groups in total. The molecule has 6 nitrogen and oxygen atoms in total. The molecule has 0 bridgehead atoms. The molecule has 0 saturated heterocycles. The van der Waals surface area contributed by atoms with Gasteiger partial charge in [0, 0.05) is 44.0 Å². The van der Waals surface area contributed by atoms with Crippen molar-refractivity contribution in [3.63, 3.8) is 0 Å². The number of nitrogens with zero attached hydrogens (tertiary/aromatic N) is 3. The molecule has 2 rings (SSSR count). The minimum atomic E-state index is 0.580. The molecule has 6 heteroatoms. The molecule has 0 aromatic heterocycles. The van der Waals surface area contributed by atoms with E-state index in [1.165, 1.54) is 24.2 Å². The van der Waals surface area contributed by atoms with E-state index in [-0.39, 0.29) is 0 Å². The van der Waals surface area contributed by atoms with E-state index in [2.05, 4.69) is 111 Å². The van der Waals surface area contributed by atoms with Crippen LogP contribution in [0.4, 0.5) is 5.69 Å². The van der Waals surface area contributed by atoms with Gasteiger partial charge in [0.25, 0.3) is 0 Å². The average Bonchev–Trinajstić information content (AvgIpc) is 2.98. The van der Waals surface area contributed by atoms with E-state index in [1.807, 2.05) is 39.1 Å². The van der Waals surface area contributed by atoms with E-state index in [0.29, 0.717) is 18.1 Å². The Morgan fingerprint density at radius 2 is 1.15 bits per heavy atom. The van der Waals surface area contributed by atoms with E-state index >= 15 is 0 Å². The van der Waals surface area contributed by atoms with Crippen LogP contribution in [-0.4, -0.2) is 81.3 Å². The average molecular weight is 573 g/mol. The molecule has 0 aliphatic carbocycles. The van der Waals surface area contributed by atoms with Gasteiger partial charge in [-0.25, -0.2) is 0 Å². The zero-order valence-corrected chi connectivity index (χ0v) is 28.6. The molecule has 0 saturated carbocycles. The fourth-order valence-electron chi connectivity index (χ4n) is 4.32. The topological polar surface area (TPSA) is 73.8 Å². The summed E-state index contributed by atoms with van der Waals surface area (Å²) in [4.78, 5) is 7.20. The van der Waals surface area contributed by atoms with E-state index in [1.54, 1.807) is 0 Å². The first-order valence-electron chi connectivity index (χ1n) is 16.0. The van der Waals surface area contributed by atoms with E-state index in [0.717, 1.165) is 52.1 Å². The van der Waals surface area contributed by atoms with Gasteiger partial charge in [-0.15, -0.1) is 0 Å². The summed E-state index contributed by atoms with van der Waals surface area (Å²) in [6.45, 7) is 24.5. The lowest BCUT2D eigenvalue weighted by atomic mass is 10.2. The maximum Gasteiger partial charge on any atom is 0.0363 e. The Morgan fingerprint density at radius 1 is 0.659 bits per heavy atom. The van der Waals surface area contributed by atoms with Crippen molar-refractivity contribution in [3.05, 3.63) is 66.2 Å². The molecule has 2 aromatic rings. The second-order valence-electron chi connectivity index (χ2n) is 11.0. The monoisotopic (exact) mass is 573 g/mol. The second kappa shape index (κ2) is 28.2. The van der Waals surface area contributed by atoms with Crippen LogP contribution in [0, 0.1) is 0 Å². The highest BCUT2D eigenvalue weighted by molar-refractivity contribution is 5.44. The van der Waals surface area contributed by atoms with Crippen molar-refractivity contribution < 1.29 is 0 Å². The largest absolute Gasteiger partial charge is 0.375 e. The Bertz CT molecular complexity index is 759. The summed E-state index contributed by atoms with van der Waals surface area (Å²) in [5, 5.41) is 3.17. The molecule has 0 radical (unpaired) electrons. The molecular formula is C35H68N6. The predicted molar refractivity (Wildman–Crippen MR) is 186 cm³/mol. The van der Waals surface area contributed by atoms with Crippen LogP contribution in [-0.2, 0) is 6.54 Å². The van der Waals surface area contributed by atoms with Crippen LogP contribution in [0.15, 0.2) is 60.7 Å². The first kappa shape index (κ1) is 41.2. The van der Waals surface area contributed by atoms with Gasteiger partial charge < -0.3 is 21.7 Å². The number of hydrogen-bond donors (Lipinski definition) is 3. The van der Waals surface area contributed by atoms with Crippen LogP contribution < -0.4 is 21.7 Å². The number of hydrogen-bond acceptors (Lipinski definition) is 6. The molecule has 0 heterocycles.